The first kappa shape index (κ1) is 12.5. The molecule has 0 aliphatic heterocycles. The van der Waals surface area contributed by atoms with E-state index in [0.717, 1.165) is 27.4 Å². The van der Waals surface area contributed by atoms with Gasteiger partial charge in [0.25, 0.3) is 0 Å². The Bertz CT molecular complexity index is 510. The summed E-state index contributed by atoms with van der Waals surface area (Å²) < 4.78 is 1.05. The molecule has 0 aliphatic rings. The molecule has 3 nitrogen and oxygen atoms in total. The average molecular weight is 312 g/mol. The summed E-state index contributed by atoms with van der Waals surface area (Å²) in [6.07, 6.45) is 0.893. The van der Waals surface area contributed by atoms with Gasteiger partial charge in [-0.2, -0.15) is 0 Å². The number of rotatable bonds is 4. The maximum atomic E-state index is 5.56. The van der Waals surface area contributed by atoms with E-state index in [1.54, 1.807) is 11.3 Å². The highest BCUT2D eigenvalue weighted by Gasteiger charge is 2.06. The van der Waals surface area contributed by atoms with Crippen molar-refractivity contribution in [2.75, 3.05) is 11.9 Å². The standard InChI is InChI=1S/C12H14BrN3S/c1-8-11(5-6-14)17-12(15-8)16-10-4-2-3-9(13)7-10/h2-4,7H,5-6,14H2,1H3,(H,15,16). The van der Waals surface area contributed by atoms with Gasteiger partial charge in [-0.05, 0) is 38.1 Å². The minimum Gasteiger partial charge on any atom is -0.332 e. The van der Waals surface area contributed by atoms with Crippen LogP contribution in [0.3, 0.4) is 0 Å². The fourth-order valence-corrected chi connectivity index (χ4v) is 2.93. The number of hydrogen-bond donors (Lipinski definition) is 2. The van der Waals surface area contributed by atoms with Gasteiger partial charge >= 0.3 is 0 Å². The van der Waals surface area contributed by atoms with Crippen molar-refractivity contribution in [1.29, 1.82) is 0 Å². The number of aryl methyl sites for hydroxylation is 1. The fourth-order valence-electron chi connectivity index (χ4n) is 1.53. The molecular weight excluding hydrogens is 298 g/mol. The van der Waals surface area contributed by atoms with Crippen molar-refractivity contribution >= 4 is 38.1 Å². The summed E-state index contributed by atoms with van der Waals surface area (Å²) in [6.45, 7) is 2.69. The van der Waals surface area contributed by atoms with E-state index >= 15 is 0 Å². The zero-order valence-electron chi connectivity index (χ0n) is 9.53. The molecule has 90 valence electrons. The number of nitrogens with one attached hydrogen (secondary N) is 1. The van der Waals surface area contributed by atoms with Gasteiger partial charge in [0.05, 0.1) is 5.69 Å². The third kappa shape index (κ3) is 3.28. The molecule has 1 heterocycles. The summed E-state index contributed by atoms with van der Waals surface area (Å²) in [5, 5.41) is 4.22. The highest BCUT2D eigenvalue weighted by atomic mass is 79.9. The third-order valence-electron chi connectivity index (χ3n) is 2.34. The number of halogens is 1. The summed E-state index contributed by atoms with van der Waals surface area (Å²) in [5.41, 5.74) is 7.67. The topological polar surface area (TPSA) is 50.9 Å². The van der Waals surface area contributed by atoms with Gasteiger partial charge in [-0.3, -0.25) is 0 Å². The van der Waals surface area contributed by atoms with Crippen LogP contribution in [-0.4, -0.2) is 11.5 Å². The van der Waals surface area contributed by atoms with Gasteiger partial charge in [-0.25, -0.2) is 4.98 Å². The van der Waals surface area contributed by atoms with E-state index in [0.29, 0.717) is 6.54 Å². The Kier molecular flexibility index (Phi) is 4.15. The maximum absolute atomic E-state index is 5.56. The van der Waals surface area contributed by atoms with Crippen molar-refractivity contribution in [3.63, 3.8) is 0 Å². The largest absolute Gasteiger partial charge is 0.332 e. The predicted molar refractivity (Wildman–Crippen MR) is 77.0 cm³/mol. The highest BCUT2D eigenvalue weighted by molar-refractivity contribution is 9.10. The Morgan fingerprint density at radius 1 is 1.47 bits per heavy atom. The van der Waals surface area contributed by atoms with Crippen LogP contribution in [0.4, 0.5) is 10.8 Å². The lowest BCUT2D eigenvalue weighted by molar-refractivity contribution is 0.970. The molecule has 0 unspecified atom stereocenters. The van der Waals surface area contributed by atoms with E-state index in [4.69, 9.17) is 5.73 Å². The second-order valence-electron chi connectivity index (χ2n) is 3.70. The fraction of sp³-hybridized carbons (Fsp3) is 0.250. The highest BCUT2D eigenvalue weighted by Crippen LogP contribution is 2.26. The first-order chi connectivity index (χ1) is 8.19. The van der Waals surface area contributed by atoms with E-state index < -0.39 is 0 Å². The molecule has 0 radical (unpaired) electrons. The zero-order valence-corrected chi connectivity index (χ0v) is 11.9. The molecule has 3 N–H and O–H groups in total. The van der Waals surface area contributed by atoms with Crippen LogP contribution in [0.1, 0.15) is 10.6 Å². The Hall–Kier alpha value is -0.910. The first-order valence-corrected chi connectivity index (χ1v) is 6.99. The van der Waals surface area contributed by atoms with Gasteiger partial charge in [0.1, 0.15) is 0 Å². The Morgan fingerprint density at radius 3 is 3.00 bits per heavy atom. The number of hydrogen-bond acceptors (Lipinski definition) is 4. The van der Waals surface area contributed by atoms with Crippen LogP contribution in [-0.2, 0) is 6.42 Å². The number of aromatic nitrogens is 1. The Morgan fingerprint density at radius 2 is 2.29 bits per heavy atom. The molecule has 0 atom stereocenters. The quantitative estimate of drug-likeness (QED) is 0.909. The van der Waals surface area contributed by atoms with E-state index in [-0.39, 0.29) is 0 Å². The normalized spacial score (nSPS) is 10.5. The van der Waals surface area contributed by atoms with Crippen LogP contribution in [0.25, 0.3) is 0 Å². The SMILES string of the molecule is Cc1nc(Nc2cccc(Br)c2)sc1CCN. The van der Waals surface area contributed by atoms with Gasteiger partial charge in [0.15, 0.2) is 5.13 Å². The van der Waals surface area contributed by atoms with Crippen LogP contribution >= 0.6 is 27.3 Å². The lowest BCUT2D eigenvalue weighted by Crippen LogP contribution is -2.01. The van der Waals surface area contributed by atoms with Crippen LogP contribution < -0.4 is 11.1 Å². The van der Waals surface area contributed by atoms with Gasteiger partial charge < -0.3 is 11.1 Å². The molecule has 2 aromatic rings. The van der Waals surface area contributed by atoms with Crippen molar-refractivity contribution in [3.05, 3.63) is 39.3 Å². The van der Waals surface area contributed by atoms with Gasteiger partial charge in [-0.15, -0.1) is 11.3 Å². The first-order valence-electron chi connectivity index (χ1n) is 5.38. The third-order valence-corrected chi connectivity index (χ3v) is 3.97. The lowest BCUT2D eigenvalue weighted by atomic mass is 10.3. The molecule has 5 heteroatoms. The molecule has 1 aromatic carbocycles. The molecule has 0 bridgehead atoms. The summed E-state index contributed by atoms with van der Waals surface area (Å²) in [5.74, 6) is 0. The molecule has 0 spiro atoms. The second kappa shape index (κ2) is 5.62. The van der Waals surface area contributed by atoms with E-state index in [1.807, 2.05) is 31.2 Å². The summed E-state index contributed by atoms with van der Waals surface area (Å²) in [4.78, 5) is 5.75. The molecule has 0 aliphatic carbocycles. The summed E-state index contributed by atoms with van der Waals surface area (Å²) in [6, 6.07) is 8.04. The molecule has 2 rings (SSSR count). The molecule has 0 amide bonds. The number of thiazole rings is 1. The number of nitrogens with zero attached hydrogens (tertiary/aromatic N) is 1. The number of anilines is 2. The van der Waals surface area contributed by atoms with Gasteiger partial charge in [0.2, 0.25) is 0 Å². The summed E-state index contributed by atoms with van der Waals surface area (Å²) >= 11 is 5.11. The maximum Gasteiger partial charge on any atom is 0.187 e. The van der Waals surface area contributed by atoms with E-state index in [2.05, 4.69) is 26.2 Å². The zero-order chi connectivity index (χ0) is 12.3. The minimum atomic E-state index is 0.666. The van der Waals surface area contributed by atoms with Gasteiger partial charge in [0, 0.05) is 15.0 Å². The molecule has 0 fully saturated rings. The molecular formula is C12H14BrN3S. The smallest absolute Gasteiger partial charge is 0.187 e. The lowest BCUT2D eigenvalue weighted by Gasteiger charge is -2.02. The predicted octanol–water partition coefficient (Wildman–Crippen LogP) is 3.46. The Labute approximate surface area is 113 Å². The average Bonchev–Trinajstić information content (AvgIpc) is 2.60. The van der Waals surface area contributed by atoms with E-state index in [1.165, 1.54) is 4.88 Å². The monoisotopic (exact) mass is 311 g/mol. The van der Waals surface area contributed by atoms with Gasteiger partial charge in [-0.1, -0.05) is 22.0 Å². The van der Waals surface area contributed by atoms with Crippen LogP contribution in [0.15, 0.2) is 28.7 Å². The van der Waals surface area contributed by atoms with Crippen molar-refractivity contribution in [2.45, 2.75) is 13.3 Å². The van der Waals surface area contributed by atoms with Crippen LogP contribution in [0, 0.1) is 6.92 Å². The van der Waals surface area contributed by atoms with Crippen LogP contribution in [0.5, 0.6) is 0 Å². The second-order valence-corrected chi connectivity index (χ2v) is 5.70. The molecule has 0 saturated heterocycles. The van der Waals surface area contributed by atoms with Crippen molar-refractivity contribution in [1.82, 2.24) is 4.98 Å². The minimum absolute atomic E-state index is 0.666. The summed E-state index contributed by atoms with van der Waals surface area (Å²) in [7, 11) is 0. The molecule has 17 heavy (non-hydrogen) atoms. The van der Waals surface area contributed by atoms with Crippen molar-refractivity contribution in [3.8, 4) is 0 Å². The van der Waals surface area contributed by atoms with Crippen LogP contribution in [0.2, 0.25) is 0 Å². The molecule has 0 saturated carbocycles. The molecule has 1 aromatic heterocycles. The number of nitrogens with two attached hydrogens (primary N) is 1. The Balaban J connectivity index is 2.16. The number of benzene rings is 1. The van der Waals surface area contributed by atoms with Crippen molar-refractivity contribution < 1.29 is 0 Å². The van der Waals surface area contributed by atoms with Crippen molar-refractivity contribution in [2.24, 2.45) is 5.73 Å². The van der Waals surface area contributed by atoms with E-state index in [9.17, 15) is 0 Å².